The van der Waals surface area contributed by atoms with Gasteiger partial charge in [-0.2, -0.15) is 13.2 Å². The molecule has 0 saturated carbocycles. The number of piperidine rings is 1. The third kappa shape index (κ3) is 8.12. The number of unbranched alkanes of at least 4 members (excludes halogenated alkanes) is 1. The zero-order valence-corrected chi connectivity index (χ0v) is 15.7. The largest absolute Gasteiger partial charge is 0.389 e. The average molecular weight is 379 g/mol. The second-order valence-corrected chi connectivity index (χ2v) is 7.05. The number of hydrogen-bond acceptors (Lipinski definition) is 3. The minimum atomic E-state index is -4.06. The lowest BCUT2D eigenvalue weighted by Crippen LogP contribution is -2.47. The van der Waals surface area contributed by atoms with Crippen molar-refractivity contribution in [2.45, 2.75) is 69.8 Å². The van der Waals surface area contributed by atoms with Crippen LogP contribution >= 0.6 is 0 Å². The first-order chi connectivity index (χ1) is 12.5. The number of nitrogens with one attached hydrogen (secondary N) is 1. The maximum absolute atomic E-state index is 12.1. The van der Waals surface area contributed by atoms with Crippen molar-refractivity contribution < 1.29 is 22.6 Å². The lowest BCUT2D eigenvalue weighted by molar-refractivity contribution is -0.135. The molecule has 2 heterocycles. The Morgan fingerprint density at radius 2 is 1.96 bits per heavy atom. The van der Waals surface area contributed by atoms with Crippen molar-refractivity contribution in [2.24, 2.45) is 4.99 Å². The van der Waals surface area contributed by atoms with Crippen molar-refractivity contribution >= 4 is 5.96 Å². The molecule has 0 aromatic heterocycles. The number of halogens is 3. The molecule has 1 N–H and O–H groups in total. The minimum Gasteiger partial charge on any atom is -0.376 e. The zero-order valence-electron chi connectivity index (χ0n) is 15.7. The summed E-state index contributed by atoms with van der Waals surface area (Å²) in [4.78, 5) is 6.40. The highest BCUT2D eigenvalue weighted by Crippen LogP contribution is 2.22. The van der Waals surface area contributed by atoms with Gasteiger partial charge < -0.3 is 19.7 Å². The van der Waals surface area contributed by atoms with Gasteiger partial charge in [0.05, 0.1) is 18.8 Å². The fourth-order valence-corrected chi connectivity index (χ4v) is 3.40. The number of nitrogens with zero attached hydrogens (tertiary/aromatic N) is 2. The first-order valence-electron chi connectivity index (χ1n) is 9.73. The average Bonchev–Trinajstić information content (AvgIpc) is 2.63. The van der Waals surface area contributed by atoms with E-state index in [9.17, 15) is 13.2 Å². The van der Waals surface area contributed by atoms with E-state index in [1.165, 1.54) is 6.42 Å². The summed E-state index contributed by atoms with van der Waals surface area (Å²) in [5.41, 5.74) is 0. The van der Waals surface area contributed by atoms with Crippen LogP contribution in [0.25, 0.3) is 0 Å². The van der Waals surface area contributed by atoms with Crippen LogP contribution in [0, 0.1) is 0 Å². The van der Waals surface area contributed by atoms with Gasteiger partial charge in [0.15, 0.2) is 5.96 Å². The number of alkyl halides is 3. The highest BCUT2D eigenvalue weighted by molar-refractivity contribution is 5.79. The zero-order chi connectivity index (χ0) is 18.8. The highest BCUT2D eigenvalue weighted by Gasteiger charge is 2.26. The van der Waals surface area contributed by atoms with Crippen LogP contribution < -0.4 is 5.32 Å². The van der Waals surface area contributed by atoms with Gasteiger partial charge in [0, 0.05) is 39.7 Å². The number of rotatable bonds is 7. The summed E-state index contributed by atoms with van der Waals surface area (Å²) in [7, 11) is 1.71. The van der Waals surface area contributed by atoms with Crippen LogP contribution in [-0.2, 0) is 9.47 Å². The molecule has 0 amide bonds. The Kier molecular flexibility index (Phi) is 8.98. The fraction of sp³-hybridized carbons (Fsp3) is 0.944. The molecule has 0 aliphatic carbocycles. The highest BCUT2D eigenvalue weighted by atomic mass is 19.4. The number of likely N-dealkylation sites (tertiary alicyclic amines) is 1. The molecule has 0 bridgehead atoms. The van der Waals surface area contributed by atoms with Crippen LogP contribution in [0.3, 0.4) is 0 Å². The maximum atomic E-state index is 12.1. The van der Waals surface area contributed by atoms with Crippen molar-refractivity contribution in [1.29, 1.82) is 0 Å². The van der Waals surface area contributed by atoms with E-state index in [0.717, 1.165) is 51.3 Å². The number of guanidine groups is 1. The van der Waals surface area contributed by atoms with Gasteiger partial charge >= 0.3 is 6.18 Å². The molecule has 2 aliphatic heterocycles. The van der Waals surface area contributed by atoms with E-state index in [1.54, 1.807) is 7.05 Å². The van der Waals surface area contributed by atoms with Gasteiger partial charge in [-0.05, 0) is 44.9 Å². The lowest BCUT2D eigenvalue weighted by atomic mass is 10.1. The van der Waals surface area contributed by atoms with E-state index >= 15 is 0 Å². The van der Waals surface area contributed by atoms with E-state index in [0.29, 0.717) is 19.6 Å². The number of ether oxygens (including phenoxy) is 2. The van der Waals surface area contributed by atoms with Gasteiger partial charge in [-0.1, -0.05) is 0 Å². The van der Waals surface area contributed by atoms with Crippen molar-refractivity contribution in [3.8, 4) is 0 Å². The molecule has 2 rings (SSSR count). The van der Waals surface area contributed by atoms with Crippen LogP contribution in [-0.4, -0.2) is 69.1 Å². The molecule has 2 aliphatic rings. The number of hydrogen-bond donors (Lipinski definition) is 1. The third-order valence-electron chi connectivity index (χ3n) is 4.92. The molecule has 0 spiro atoms. The van der Waals surface area contributed by atoms with Gasteiger partial charge in [0.1, 0.15) is 0 Å². The van der Waals surface area contributed by atoms with Crippen LogP contribution in [0.5, 0.6) is 0 Å². The second kappa shape index (κ2) is 11.0. The van der Waals surface area contributed by atoms with E-state index in [2.05, 4.69) is 15.2 Å². The first kappa shape index (κ1) is 21.3. The van der Waals surface area contributed by atoms with Crippen LogP contribution in [0.2, 0.25) is 0 Å². The fourth-order valence-electron chi connectivity index (χ4n) is 3.40. The quantitative estimate of drug-likeness (QED) is 0.419. The minimum absolute atomic E-state index is 0.145. The van der Waals surface area contributed by atoms with Gasteiger partial charge in [-0.15, -0.1) is 0 Å². The predicted molar refractivity (Wildman–Crippen MR) is 95.4 cm³/mol. The molecule has 26 heavy (non-hydrogen) atoms. The van der Waals surface area contributed by atoms with Gasteiger partial charge in [0.25, 0.3) is 0 Å². The Balaban J connectivity index is 1.59. The molecule has 152 valence electrons. The summed E-state index contributed by atoms with van der Waals surface area (Å²) in [6.45, 7) is 3.73. The predicted octanol–water partition coefficient (Wildman–Crippen LogP) is 3.34. The Hall–Kier alpha value is -1.02. The van der Waals surface area contributed by atoms with Crippen molar-refractivity contribution in [1.82, 2.24) is 10.2 Å². The van der Waals surface area contributed by atoms with E-state index in [-0.39, 0.29) is 18.6 Å². The maximum Gasteiger partial charge on any atom is 0.389 e. The van der Waals surface area contributed by atoms with Crippen LogP contribution in [0.1, 0.15) is 51.4 Å². The molecule has 0 aromatic rings. The molecule has 8 heteroatoms. The molecule has 2 fully saturated rings. The van der Waals surface area contributed by atoms with Gasteiger partial charge in [-0.25, -0.2) is 0 Å². The smallest absolute Gasteiger partial charge is 0.376 e. The summed E-state index contributed by atoms with van der Waals surface area (Å²) in [6, 6.07) is 0. The van der Waals surface area contributed by atoms with E-state index < -0.39 is 12.6 Å². The summed E-state index contributed by atoms with van der Waals surface area (Å²) in [6.07, 6.45) is 1.66. The molecule has 1 atom stereocenters. The topological polar surface area (TPSA) is 46.1 Å². The SMILES string of the molecule is CN=C(NCCCCC(F)(F)F)N1CCC(OCC2CCCCO2)CC1. The molecule has 2 saturated heterocycles. The standard InChI is InChI=1S/C18H32F3N3O2/c1-22-17(23-10-4-3-9-18(19,20)21)24-11-7-15(8-12-24)26-14-16-6-2-5-13-25-16/h15-16H,2-14H2,1H3,(H,22,23). The van der Waals surface area contributed by atoms with Crippen molar-refractivity contribution in [3.63, 3.8) is 0 Å². The van der Waals surface area contributed by atoms with E-state index in [4.69, 9.17) is 9.47 Å². The summed E-state index contributed by atoms with van der Waals surface area (Å²) in [5, 5.41) is 3.17. The number of aliphatic imine (C=N–C) groups is 1. The molecule has 0 radical (unpaired) electrons. The second-order valence-electron chi connectivity index (χ2n) is 7.05. The lowest BCUT2D eigenvalue weighted by Gasteiger charge is -2.35. The normalized spacial score (nSPS) is 23.3. The summed E-state index contributed by atoms with van der Waals surface area (Å²) >= 11 is 0. The van der Waals surface area contributed by atoms with Crippen molar-refractivity contribution in [2.75, 3.05) is 39.9 Å². The monoisotopic (exact) mass is 379 g/mol. The van der Waals surface area contributed by atoms with Crippen LogP contribution in [0.15, 0.2) is 4.99 Å². The Morgan fingerprint density at radius 1 is 1.19 bits per heavy atom. The summed E-state index contributed by atoms with van der Waals surface area (Å²) in [5.74, 6) is 0.770. The first-order valence-corrected chi connectivity index (χ1v) is 9.73. The Labute approximate surface area is 154 Å². The molecular formula is C18H32F3N3O2. The van der Waals surface area contributed by atoms with E-state index in [1.807, 2.05) is 0 Å². The van der Waals surface area contributed by atoms with Crippen molar-refractivity contribution in [3.05, 3.63) is 0 Å². The molecule has 1 unspecified atom stereocenters. The molecule has 0 aromatic carbocycles. The van der Waals surface area contributed by atoms with Gasteiger partial charge in [0.2, 0.25) is 0 Å². The summed E-state index contributed by atoms with van der Waals surface area (Å²) < 4.78 is 48.1. The van der Waals surface area contributed by atoms with Gasteiger partial charge in [-0.3, -0.25) is 4.99 Å². The molecule has 5 nitrogen and oxygen atoms in total. The molecular weight excluding hydrogens is 347 g/mol. The Bertz CT molecular complexity index is 418. The third-order valence-corrected chi connectivity index (χ3v) is 4.92. The Morgan fingerprint density at radius 3 is 2.58 bits per heavy atom. The van der Waals surface area contributed by atoms with Crippen LogP contribution in [0.4, 0.5) is 13.2 Å².